The second kappa shape index (κ2) is 9.27. The van der Waals surface area contributed by atoms with Crippen molar-refractivity contribution in [3.8, 4) is 11.5 Å². The first-order chi connectivity index (χ1) is 12.0. The number of benzene rings is 2. The van der Waals surface area contributed by atoms with Gasteiger partial charge in [0.05, 0.1) is 7.11 Å². The number of rotatable bonds is 8. The van der Waals surface area contributed by atoms with Crippen LogP contribution in [-0.4, -0.2) is 25.4 Å². The van der Waals surface area contributed by atoms with Gasteiger partial charge in [-0.25, -0.2) is 0 Å². The lowest BCUT2D eigenvalue weighted by Gasteiger charge is -2.14. The van der Waals surface area contributed by atoms with Crippen molar-refractivity contribution in [3.63, 3.8) is 0 Å². The highest BCUT2D eigenvalue weighted by atomic mass is 32.2. The van der Waals surface area contributed by atoms with Gasteiger partial charge in [0.25, 0.3) is 0 Å². The molecular formula is C18H19F2NO3S. The van der Waals surface area contributed by atoms with E-state index in [2.05, 4.69) is 10.1 Å². The van der Waals surface area contributed by atoms with Crippen molar-refractivity contribution in [1.29, 1.82) is 0 Å². The Kier molecular flexibility index (Phi) is 7.06. The summed E-state index contributed by atoms with van der Waals surface area (Å²) in [6.45, 7) is -1.16. The van der Waals surface area contributed by atoms with Crippen LogP contribution in [0.3, 0.4) is 0 Å². The van der Waals surface area contributed by atoms with Gasteiger partial charge in [0.2, 0.25) is 5.91 Å². The molecule has 7 heteroatoms. The zero-order valence-electron chi connectivity index (χ0n) is 13.9. The maximum absolute atomic E-state index is 12.5. The van der Waals surface area contributed by atoms with Crippen molar-refractivity contribution in [3.05, 3.63) is 48.5 Å². The third-order valence-corrected chi connectivity index (χ3v) is 4.61. The van der Waals surface area contributed by atoms with Gasteiger partial charge in [-0.05, 0) is 24.3 Å². The molecule has 0 saturated carbocycles. The molecule has 2 rings (SSSR count). The molecule has 0 aliphatic heterocycles. The summed E-state index contributed by atoms with van der Waals surface area (Å²) in [6, 6.07) is 14.1. The zero-order chi connectivity index (χ0) is 18.2. The van der Waals surface area contributed by atoms with Gasteiger partial charge in [0.15, 0.2) is 11.5 Å². The van der Waals surface area contributed by atoms with Gasteiger partial charge in [-0.3, -0.25) is 4.79 Å². The highest BCUT2D eigenvalue weighted by Gasteiger charge is 2.16. The van der Waals surface area contributed by atoms with Crippen LogP contribution in [-0.2, 0) is 4.79 Å². The summed E-state index contributed by atoms with van der Waals surface area (Å²) in [5.41, 5.74) is 0.373. The second-order valence-electron chi connectivity index (χ2n) is 5.26. The van der Waals surface area contributed by atoms with Gasteiger partial charge in [-0.15, -0.1) is 11.8 Å². The minimum Gasteiger partial charge on any atom is -0.493 e. The number of nitrogens with one attached hydrogen (secondary N) is 1. The monoisotopic (exact) mass is 367 g/mol. The standard InChI is InChI=1S/C18H19F2NO3S/c1-12(11-25-14-6-4-3-5-7-14)17(22)21-13-8-9-15(23-2)16(10-13)24-18(19)20/h3-10,12,18H,11H2,1-2H3,(H,21,22). The van der Waals surface area contributed by atoms with Gasteiger partial charge < -0.3 is 14.8 Å². The van der Waals surface area contributed by atoms with Gasteiger partial charge in [-0.1, -0.05) is 25.1 Å². The predicted molar refractivity (Wildman–Crippen MR) is 94.6 cm³/mol. The Labute approximate surface area is 149 Å². The molecule has 0 aromatic heterocycles. The Morgan fingerprint density at radius 2 is 1.88 bits per heavy atom. The van der Waals surface area contributed by atoms with E-state index in [9.17, 15) is 13.6 Å². The Morgan fingerprint density at radius 1 is 1.16 bits per heavy atom. The summed E-state index contributed by atoms with van der Waals surface area (Å²) in [7, 11) is 1.36. The molecule has 0 radical (unpaired) electrons. The van der Waals surface area contributed by atoms with Crippen LogP contribution in [0.2, 0.25) is 0 Å². The van der Waals surface area contributed by atoms with Crippen LogP contribution in [0.4, 0.5) is 14.5 Å². The number of thioether (sulfide) groups is 1. The third kappa shape index (κ3) is 5.94. The maximum atomic E-state index is 12.5. The first-order valence-corrected chi connectivity index (χ1v) is 8.59. The molecule has 2 aromatic carbocycles. The molecule has 1 amide bonds. The van der Waals surface area contributed by atoms with Crippen LogP contribution in [0.5, 0.6) is 11.5 Å². The molecule has 0 spiro atoms. The lowest BCUT2D eigenvalue weighted by molar-refractivity contribution is -0.118. The van der Waals surface area contributed by atoms with E-state index in [0.717, 1.165) is 4.90 Å². The number of methoxy groups -OCH3 is 1. The van der Waals surface area contributed by atoms with E-state index in [1.807, 2.05) is 37.3 Å². The maximum Gasteiger partial charge on any atom is 0.387 e. The fourth-order valence-electron chi connectivity index (χ4n) is 2.02. The average Bonchev–Trinajstić information content (AvgIpc) is 2.60. The van der Waals surface area contributed by atoms with E-state index < -0.39 is 6.61 Å². The van der Waals surface area contributed by atoms with Crippen LogP contribution in [0.1, 0.15) is 6.92 Å². The summed E-state index contributed by atoms with van der Waals surface area (Å²) in [5, 5.41) is 2.71. The van der Waals surface area contributed by atoms with Crippen molar-refractivity contribution in [2.24, 2.45) is 5.92 Å². The summed E-state index contributed by atoms with van der Waals surface area (Å²) in [4.78, 5) is 13.4. The van der Waals surface area contributed by atoms with Crippen molar-refractivity contribution < 1.29 is 23.0 Å². The number of ether oxygens (including phenoxy) is 2. The van der Waals surface area contributed by atoms with Crippen LogP contribution >= 0.6 is 11.8 Å². The van der Waals surface area contributed by atoms with Gasteiger partial charge >= 0.3 is 6.61 Å². The molecule has 0 bridgehead atoms. The summed E-state index contributed by atoms with van der Waals surface area (Å²) >= 11 is 1.58. The topological polar surface area (TPSA) is 47.6 Å². The molecule has 1 atom stereocenters. The Hall–Kier alpha value is -2.28. The first-order valence-electron chi connectivity index (χ1n) is 7.61. The number of carbonyl (C=O) groups is 1. The Bertz CT molecular complexity index is 698. The van der Waals surface area contributed by atoms with E-state index >= 15 is 0 Å². The molecule has 0 saturated heterocycles. The fourth-order valence-corrected chi connectivity index (χ4v) is 2.97. The highest BCUT2D eigenvalue weighted by molar-refractivity contribution is 7.99. The van der Waals surface area contributed by atoms with Crippen LogP contribution < -0.4 is 14.8 Å². The van der Waals surface area contributed by atoms with Gasteiger partial charge in [0.1, 0.15) is 0 Å². The van der Waals surface area contributed by atoms with E-state index in [1.165, 1.54) is 19.2 Å². The van der Waals surface area contributed by atoms with E-state index in [1.54, 1.807) is 17.8 Å². The Morgan fingerprint density at radius 3 is 2.52 bits per heavy atom. The van der Waals surface area contributed by atoms with Crippen molar-refractivity contribution in [2.45, 2.75) is 18.4 Å². The average molecular weight is 367 g/mol. The number of hydrogen-bond acceptors (Lipinski definition) is 4. The van der Waals surface area contributed by atoms with E-state index in [4.69, 9.17) is 4.74 Å². The fraction of sp³-hybridized carbons (Fsp3) is 0.278. The Balaban J connectivity index is 1.96. The number of carbonyl (C=O) groups excluding carboxylic acids is 1. The number of hydrogen-bond donors (Lipinski definition) is 1. The summed E-state index contributed by atoms with van der Waals surface area (Å²) in [5.74, 6) is 0.197. The zero-order valence-corrected chi connectivity index (χ0v) is 14.7. The van der Waals surface area contributed by atoms with Gasteiger partial charge in [-0.2, -0.15) is 8.78 Å². The predicted octanol–water partition coefficient (Wildman–Crippen LogP) is 4.66. The molecular weight excluding hydrogens is 348 g/mol. The smallest absolute Gasteiger partial charge is 0.387 e. The van der Waals surface area contributed by atoms with Crippen molar-refractivity contribution in [2.75, 3.05) is 18.2 Å². The molecule has 1 unspecified atom stereocenters. The molecule has 0 aliphatic rings. The molecule has 0 heterocycles. The first kappa shape index (κ1) is 19.1. The molecule has 1 N–H and O–H groups in total. The molecule has 4 nitrogen and oxygen atoms in total. The number of amides is 1. The summed E-state index contributed by atoms with van der Waals surface area (Å²) in [6.07, 6.45) is 0. The number of halogens is 2. The molecule has 0 aliphatic carbocycles. The minimum atomic E-state index is -2.97. The molecule has 134 valence electrons. The van der Waals surface area contributed by atoms with E-state index in [-0.39, 0.29) is 23.3 Å². The van der Waals surface area contributed by atoms with Crippen molar-refractivity contribution >= 4 is 23.4 Å². The minimum absolute atomic E-state index is 0.124. The number of anilines is 1. The third-order valence-electron chi connectivity index (χ3n) is 3.34. The molecule has 25 heavy (non-hydrogen) atoms. The molecule has 2 aromatic rings. The normalized spacial score (nSPS) is 11.9. The molecule has 0 fully saturated rings. The SMILES string of the molecule is COc1ccc(NC(=O)C(C)CSc2ccccc2)cc1OC(F)F. The quantitative estimate of drug-likeness (QED) is 0.689. The number of alkyl halides is 2. The highest BCUT2D eigenvalue weighted by Crippen LogP contribution is 2.31. The largest absolute Gasteiger partial charge is 0.493 e. The van der Waals surface area contributed by atoms with Crippen LogP contribution in [0.25, 0.3) is 0 Å². The van der Waals surface area contributed by atoms with Gasteiger partial charge in [0, 0.05) is 28.3 Å². The van der Waals surface area contributed by atoms with Crippen LogP contribution in [0, 0.1) is 5.92 Å². The van der Waals surface area contributed by atoms with E-state index in [0.29, 0.717) is 11.4 Å². The van der Waals surface area contributed by atoms with Crippen LogP contribution in [0.15, 0.2) is 53.4 Å². The van der Waals surface area contributed by atoms with Crippen molar-refractivity contribution in [1.82, 2.24) is 0 Å². The second-order valence-corrected chi connectivity index (χ2v) is 6.35. The summed E-state index contributed by atoms with van der Waals surface area (Å²) < 4.78 is 34.3. The lowest BCUT2D eigenvalue weighted by Crippen LogP contribution is -2.22. The lowest BCUT2D eigenvalue weighted by atomic mass is 10.2.